The number of amides is 7. The van der Waals surface area contributed by atoms with Crippen LogP contribution in [0, 0.1) is 0 Å². The van der Waals surface area contributed by atoms with Crippen LogP contribution in [0.15, 0.2) is 170 Å². The summed E-state index contributed by atoms with van der Waals surface area (Å²) >= 11 is 0. The van der Waals surface area contributed by atoms with Gasteiger partial charge in [0.05, 0.1) is 6.04 Å². The van der Waals surface area contributed by atoms with Gasteiger partial charge in [-0.25, -0.2) is 33.6 Å². The molecule has 0 aromatic heterocycles. The first-order valence-corrected chi connectivity index (χ1v) is 37.6. The molecule has 2 aliphatic heterocycles. The van der Waals surface area contributed by atoms with Gasteiger partial charge in [-0.2, -0.15) is 0 Å². The van der Waals surface area contributed by atoms with Crippen LogP contribution in [-0.4, -0.2) is 246 Å². The fraction of sp³-hybridized carbons (Fsp3) is 0.395. The molecule has 10 rings (SSSR count). The molecule has 7 amide bonds. The lowest BCUT2D eigenvalue weighted by Crippen LogP contribution is -2.70. The van der Waals surface area contributed by atoms with E-state index >= 15 is 0 Å². The first-order chi connectivity index (χ1) is 55.7. The standard InChI is InChI=1S/C81H106N18O18/c1-93(2)53-29-15-46(16-30-53)86-75(100)107-45-63-67(112-76(101)87-47-17-31-54(32-18-47)94(3)4)64(85)69(114-78(103)89-49-21-35-56(36-22-49)96(7)8)73(109-63)110-65-60(83)43-61(84)66(70(65)115-79(104)90-50-23-37-57(38-24-50)97(9)10)111-74-72(117-81(106)92-52-27-41-59(42-28-52)99(13)14)71(116-80(105)91-51-25-39-58(40-26-51)98(11)12)68(62(44-82)108-74)113-77(102)88-48-19-33-55(34-20-48)95(5)6/h15-42,60-74H,43-45,82-85H2,1-14H3,(H,86,100)(H,87,101)(H,88,102)(H,89,103)(H,90,104)(H,91,105)(H,92,106)/t60-,61+,62+,63+,64-,65+,66-,67+,68+,69+,70-,71-,72+,73+,74+/m0/s1. The highest BCUT2D eigenvalue weighted by Crippen LogP contribution is 2.38. The number of rotatable bonds is 27. The summed E-state index contributed by atoms with van der Waals surface area (Å²) in [5.41, 5.74) is 35.9. The lowest BCUT2D eigenvalue weighted by molar-refractivity contribution is -0.328. The number of anilines is 14. The molecule has 1 saturated carbocycles. The van der Waals surface area contributed by atoms with Gasteiger partial charge in [0.15, 0.2) is 49.2 Å². The van der Waals surface area contributed by atoms with E-state index in [1.807, 2.05) is 133 Å². The molecule has 3 aliphatic rings. The number of carbonyl (C=O) groups excluding carboxylic acids is 7. The molecule has 15 N–H and O–H groups in total. The molecule has 0 unspecified atom stereocenters. The Kier molecular flexibility index (Phi) is 29.7. The summed E-state index contributed by atoms with van der Waals surface area (Å²) in [6.07, 6.45) is -29.7. The highest BCUT2D eigenvalue weighted by Gasteiger charge is 2.58. The van der Waals surface area contributed by atoms with E-state index in [1.165, 1.54) is 0 Å². The second-order valence-corrected chi connectivity index (χ2v) is 29.4. The van der Waals surface area contributed by atoms with Crippen molar-refractivity contribution in [2.75, 3.05) is 183 Å². The minimum atomic E-state index is -2.02. The van der Waals surface area contributed by atoms with Crippen LogP contribution in [0.3, 0.4) is 0 Å². The van der Waals surface area contributed by atoms with Crippen molar-refractivity contribution >= 4 is 122 Å². The van der Waals surface area contributed by atoms with E-state index in [9.17, 15) is 33.6 Å². The fourth-order valence-corrected chi connectivity index (χ4v) is 12.9. The van der Waals surface area contributed by atoms with E-state index in [2.05, 4.69) is 37.2 Å². The van der Waals surface area contributed by atoms with Crippen LogP contribution < -0.4 is 94.5 Å². The van der Waals surface area contributed by atoms with E-state index in [1.54, 1.807) is 170 Å². The van der Waals surface area contributed by atoms with Gasteiger partial charge in [-0.1, -0.05) is 0 Å². The topological polar surface area (TPSA) is 432 Å². The maximum atomic E-state index is 15.0. The Balaban J connectivity index is 1.06. The summed E-state index contributed by atoms with van der Waals surface area (Å²) in [5.74, 6) is 0. The van der Waals surface area contributed by atoms with E-state index < -0.39 is 148 Å². The molecule has 0 bridgehead atoms. The quantitative estimate of drug-likeness (QED) is 0.0214. The monoisotopic (exact) mass is 1620 g/mol. The summed E-state index contributed by atoms with van der Waals surface area (Å²) in [6.45, 7) is -1.24. The van der Waals surface area contributed by atoms with Gasteiger partial charge in [-0.3, -0.25) is 37.2 Å². The van der Waals surface area contributed by atoms with Crippen molar-refractivity contribution in [3.63, 3.8) is 0 Å². The third kappa shape index (κ3) is 23.7. The Morgan fingerprint density at radius 1 is 0.299 bits per heavy atom. The summed E-state index contributed by atoms with van der Waals surface area (Å²) < 4.78 is 71.2. The molecule has 7 aromatic rings. The van der Waals surface area contributed by atoms with Crippen LogP contribution in [-0.2, 0) is 52.1 Å². The van der Waals surface area contributed by atoms with Gasteiger partial charge >= 0.3 is 42.7 Å². The Bertz CT molecular complexity index is 4440. The van der Waals surface area contributed by atoms with Crippen molar-refractivity contribution in [1.82, 2.24) is 0 Å². The second kappa shape index (κ2) is 39.8. The zero-order valence-electron chi connectivity index (χ0n) is 67.7. The van der Waals surface area contributed by atoms with Crippen LogP contribution in [0.5, 0.6) is 0 Å². The Morgan fingerprint density at radius 2 is 0.521 bits per heavy atom. The number of carbonyl (C=O) groups is 7. The van der Waals surface area contributed by atoms with Crippen LogP contribution in [0.1, 0.15) is 6.42 Å². The predicted octanol–water partition coefficient (Wildman–Crippen LogP) is 8.97. The number of nitrogens with two attached hydrogens (primary N) is 4. The zero-order chi connectivity index (χ0) is 84.5. The normalized spacial score (nSPS) is 22.6. The third-order valence-electron chi connectivity index (χ3n) is 19.4. The average Bonchev–Trinajstić information content (AvgIpc) is 0.754. The minimum Gasteiger partial charge on any atom is -0.446 e. The Hall–Kier alpha value is -12.3. The summed E-state index contributed by atoms with van der Waals surface area (Å²) in [7, 11) is 25.8. The molecule has 3 fully saturated rings. The zero-order valence-corrected chi connectivity index (χ0v) is 67.7. The number of nitrogens with one attached hydrogen (secondary N) is 7. The second-order valence-electron chi connectivity index (χ2n) is 29.4. The van der Waals surface area contributed by atoms with Crippen molar-refractivity contribution in [1.29, 1.82) is 0 Å². The summed E-state index contributed by atoms with van der Waals surface area (Å²) in [4.78, 5) is 115. The molecule has 628 valence electrons. The molecule has 1 aliphatic carbocycles. The Labute approximate surface area is 679 Å². The van der Waals surface area contributed by atoms with Crippen molar-refractivity contribution in [2.24, 2.45) is 22.9 Å². The lowest BCUT2D eigenvalue weighted by Gasteiger charge is -2.50. The average molecular weight is 1620 g/mol. The number of benzene rings is 7. The van der Waals surface area contributed by atoms with E-state index in [0.29, 0.717) is 17.1 Å². The smallest absolute Gasteiger partial charge is 0.412 e. The molecular formula is C81H106N18O18. The SMILES string of the molecule is CN(C)c1ccc(NC(=O)OC[C@H]2O[C@H](O[C@H]3[C@H](OC(=O)Nc4ccc(N(C)C)cc4)[C@@H](O[C@H]4O[C@H](CN)[C@@H](OC(=O)Nc5ccc(N(C)C)cc5)[C@H](OC(=O)Nc5ccc(N(C)C)cc5)[C@H]4OC(=O)Nc4ccc(N(C)C)cc4)[C@H](N)C[C@@H]3N)[C@H](OC(=O)Nc3ccc(N(C)C)cc3)[C@@H](N)[C@@H]2OC(=O)Nc2ccc(N(C)C)cc2)cc1. The number of hydrogen-bond donors (Lipinski definition) is 11. The molecule has 117 heavy (non-hydrogen) atoms. The summed E-state index contributed by atoms with van der Waals surface area (Å²) in [5, 5.41) is 18.9. The van der Waals surface area contributed by atoms with Gasteiger partial charge in [-0.05, 0) is 176 Å². The van der Waals surface area contributed by atoms with Gasteiger partial charge in [0.25, 0.3) is 0 Å². The van der Waals surface area contributed by atoms with E-state index in [0.717, 1.165) is 39.8 Å². The maximum absolute atomic E-state index is 15.0. The summed E-state index contributed by atoms with van der Waals surface area (Å²) in [6, 6.07) is 42.9. The molecule has 2 heterocycles. The largest absolute Gasteiger partial charge is 0.446 e. The van der Waals surface area contributed by atoms with Gasteiger partial charge in [0.1, 0.15) is 31.0 Å². The van der Waals surface area contributed by atoms with Crippen molar-refractivity contribution < 1.29 is 85.7 Å². The lowest BCUT2D eigenvalue weighted by atomic mass is 9.84. The minimum absolute atomic E-state index is 0.237. The predicted molar refractivity (Wildman–Crippen MR) is 448 cm³/mol. The van der Waals surface area contributed by atoms with Crippen LogP contribution >= 0.6 is 0 Å². The van der Waals surface area contributed by atoms with Crippen LogP contribution in [0.4, 0.5) is 113 Å². The first kappa shape index (κ1) is 87.1. The van der Waals surface area contributed by atoms with Gasteiger partial charge in [-0.15, -0.1) is 0 Å². The molecule has 36 heteroatoms. The van der Waals surface area contributed by atoms with Gasteiger partial charge < -0.3 is 109 Å². The highest BCUT2D eigenvalue weighted by atomic mass is 16.8. The maximum Gasteiger partial charge on any atom is 0.412 e. The third-order valence-corrected chi connectivity index (χ3v) is 19.4. The van der Waals surface area contributed by atoms with Crippen LogP contribution in [0.25, 0.3) is 0 Å². The molecule has 7 aromatic carbocycles. The Morgan fingerprint density at radius 3 is 0.795 bits per heavy atom. The fourth-order valence-electron chi connectivity index (χ4n) is 12.9. The van der Waals surface area contributed by atoms with Crippen molar-refractivity contribution in [3.8, 4) is 0 Å². The van der Waals surface area contributed by atoms with E-state index in [4.69, 9.17) is 75.0 Å². The van der Waals surface area contributed by atoms with Crippen molar-refractivity contribution in [3.05, 3.63) is 170 Å². The van der Waals surface area contributed by atoms with E-state index in [-0.39, 0.29) is 29.2 Å². The molecule has 2 saturated heterocycles. The van der Waals surface area contributed by atoms with Gasteiger partial charge in [0.2, 0.25) is 0 Å². The van der Waals surface area contributed by atoms with Crippen LogP contribution in [0.2, 0.25) is 0 Å². The van der Waals surface area contributed by atoms with Gasteiger partial charge in [0, 0.05) is 197 Å². The molecular weight excluding hydrogens is 1510 g/mol. The van der Waals surface area contributed by atoms with Crippen molar-refractivity contribution in [2.45, 2.75) is 98.2 Å². The molecule has 36 nitrogen and oxygen atoms in total. The number of hydrogen-bond acceptors (Lipinski definition) is 29. The molecule has 0 radical (unpaired) electrons. The first-order valence-electron chi connectivity index (χ1n) is 37.6. The molecule has 15 atom stereocenters. The highest BCUT2D eigenvalue weighted by molar-refractivity contribution is 5.90. The molecule has 0 spiro atoms. The number of nitrogens with zero attached hydrogens (tertiary/aromatic N) is 7. The number of ether oxygens (including phenoxy) is 11.